The van der Waals surface area contributed by atoms with E-state index < -0.39 is 0 Å². The monoisotopic (exact) mass is 670 g/mol. The highest BCUT2D eigenvalue weighted by Crippen LogP contribution is 2.44. The Morgan fingerprint density at radius 3 is 1.94 bits per heavy atom. The number of hydrogen-bond acceptors (Lipinski definition) is 5. The van der Waals surface area contributed by atoms with Crippen molar-refractivity contribution in [3.05, 3.63) is 158 Å². The molecule has 11 aromatic rings. The molecule has 5 heterocycles. The number of aromatic nitrogens is 6. The van der Waals surface area contributed by atoms with Gasteiger partial charge < -0.3 is 0 Å². The summed E-state index contributed by atoms with van der Waals surface area (Å²) in [5.74, 6) is 1.77. The van der Waals surface area contributed by atoms with E-state index in [4.69, 9.17) is 19.9 Å². The van der Waals surface area contributed by atoms with E-state index in [0.717, 1.165) is 55.2 Å². The molecule has 5 aromatic heterocycles. The van der Waals surface area contributed by atoms with Crippen LogP contribution >= 0.6 is 11.3 Å². The van der Waals surface area contributed by atoms with Crippen LogP contribution in [0.1, 0.15) is 0 Å². The second kappa shape index (κ2) is 10.9. The van der Waals surface area contributed by atoms with Crippen LogP contribution in [0.5, 0.6) is 0 Å². The Morgan fingerprint density at radius 2 is 1.12 bits per heavy atom. The third-order valence-electron chi connectivity index (χ3n) is 9.86. The quantitative estimate of drug-likeness (QED) is 0.187. The first kappa shape index (κ1) is 28.2. The van der Waals surface area contributed by atoms with Crippen LogP contribution in [0.2, 0.25) is 0 Å². The van der Waals surface area contributed by atoms with E-state index in [1.807, 2.05) is 53.9 Å². The third-order valence-corrected chi connectivity index (χ3v) is 11.1. The second-order valence-corrected chi connectivity index (χ2v) is 13.7. The van der Waals surface area contributed by atoms with Crippen molar-refractivity contribution < 1.29 is 0 Å². The summed E-state index contributed by atoms with van der Waals surface area (Å²) in [6.45, 7) is 0. The van der Waals surface area contributed by atoms with Crippen molar-refractivity contribution in [2.24, 2.45) is 0 Å². The van der Waals surface area contributed by atoms with E-state index in [9.17, 15) is 0 Å². The SMILES string of the molecule is c1ccc(-c2nc(-c3ccccc3-n3c4ccc5c6ccccc6sc5c4c4cccnc43)nc(-n3c4ccccc4c4ccccc43)n2)cc1. The van der Waals surface area contributed by atoms with Gasteiger partial charge in [-0.25, -0.2) is 9.97 Å². The lowest BCUT2D eigenvalue weighted by Crippen LogP contribution is -2.07. The standard InChI is InChI=1S/C44H26N6S/c1-2-13-27(14-3-1)41-46-42(48-44(47-41)50-34-20-8-4-15-28(34)29-16-5-9-21-35(29)50)32-18-6-10-22-36(32)49-37-25-24-31-30-17-7-11-23-38(30)51-40(31)39(37)33-19-12-26-45-43(33)49/h1-26H. The molecule has 6 aromatic carbocycles. The number of fused-ring (bicyclic) bond motifs is 10. The predicted octanol–water partition coefficient (Wildman–Crippen LogP) is 11.2. The Kier molecular flexibility index (Phi) is 6.02. The van der Waals surface area contributed by atoms with E-state index in [0.29, 0.717) is 17.6 Å². The van der Waals surface area contributed by atoms with Crippen molar-refractivity contribution >= 4 is 75.3 Å². The maximum absolute atomic E-state index is 5.29. The third kappa shape index (κ3) is 4.16. The highest BCUT2D eigenvalue weighted by molar-refractivity contribution is 7.26. The molecule has 0 radical (unpaired) electrons. The Hall–Kier alpha value is -6.70. The summed E-state index contributed by atoms with van der Waals surface area (Å²) in [6.07, 6.45) is 1.87. The van der Waals surface area contributed by atoms with Gasteiger partial charge in [-0.05, 0) is 48.5 Å². The smallest absolute Gasteiger partial charge is 0.238 e. The van der Waals surface area contributed by atoms with Crippen LogP contribution < -0.4 is 0 Å². The van der Waals surface area contributed by atoms with Crippen molar-refractivity contribution in [3.8, 4) is 34.4 Å². The molecule has 0 saturated carbocycles. The Labute approximate surface area is 295 Å². The molecule has 0 aliphatic heterocycles. The minimum atomic E-state index is 0.568. The van der Waals surface area contributed by atoms with Gasteiger partial charge in [0.1, 0.15) is 5.65 Å². The predicted molar refractivity (Wildman–Crippen MR) is 210 cm³/mol. The summed E-state index contributed by atoms with van der Waals surface area (Å²) in [6, 6.07) is 52.8. The molecule has 6 nitrogen and oxygen atoms in total. The molecule has 0 amide bonds. The number of rotatable bonds is 4. The van der Waals surface area contributed by atoms with E-state index in [-0.39, 0.29) is 0 Å². The molecule has 11 rings (SSSR count). The minimum Gasteiger partial charge on any atom is -0.293 e. The lowest BCUT2D eigenvalue weighted by molar-refractivity contribution is 0.951. The molecular formula is C44H26N6S. The fourth-order valence-electron chi connectivity index (χ4n) is 7.65. The molecule has 0 aliphatic carbocycles. The van der Waals surface area contributed by atoms with E-state index in [2.05, 4.69) is 124 Å². The summed E-state index contributed by atoms with van der Waals surface area (Å²) in [7, 11) is 0. The topological polar surface area (TPSA) is 61.4 Å². The molecule has 0 bridgehead atoms. The van der Waals surface area contributed by atoms with Gasteiger partial charge >= 0.3 is 0 Å². The fraction of sp³-hybridized carbons (Fsp3) is 0. The number of para-hydroxylation sites is 3. The van der Waals surface area contributed by atoms with E-state index in [1.54, 1.807) is 0 Å². The summed E-state index contributed by atoms with van der Waals surface area (Å²) in [4.78, 5) is 20.6. The molecule has 0 spiro atoms. The van der Waals surface area contributed by atoms with Gasteiger partial charge in [0.2, 0.25) is 5.95 Å². The first-order valence-corrected chi connectivity index (χ1v) is 17.7. The van der Waals surface area contributed by atoms with Crippen LogP contribution in [0.3, 0.4) is 0 Å². The average molecular weight is 671 g/mol. The molecule has 238 valence electrons. The van der Waals surface area contributed by atoms with Crippen molar-refractivity contribution in [1.29, 1.82) is 0 Å². The van der Waals surface area contributed by atoms with Crippen LogP contribution in [-0.4, -0.2) is 29.1 Å². The number of hydrogen-bond donors (Lipinski definition) is 0. The molecule has 0 aliphatic rings. The molecule has 51 heavy (non-hydrogen) atoms. The van der Waals surface area contributed by atoms with Crippen molar-refractivity contribution in [3.63, 3.8) is 0 Å². The molecule has 0 atom stereocenters. The van der Waals surface area contributed by atoms with Gasteiger partial charge in [0.05, 0.1) is 22.2 Å². The molecule has 0 unspecified atom stereocenters. The molecule has 7 heteroatoms. The van der Waals surface area contributed by atoms with Gasteiger partial charge in [-0.2, -0.15) is 9.97 Å². The first-order chi connectivity index (χ1) is 25.3. The summed E-state index contributed by atoms with van der Waals surface area (Å²) >= 11 is 1.84. The Balaban J connectivity index is 1.22. The van der Waals surface area contributed by atoms with Crippen LogP contribution in [-0.2, 0) is 0 Å². The van der Waals surface area contributed by atoms with E-state index >= 15 is 0 Å². The maximum Gasteiger partial charge on any atom is 0.238 e. The van der Waals surface area contributed by atoms with Gasteiger partial charge in [0.15, 0.2) is 11.6 Å². The lowest BCUT2D eigenvalue weighted by Gasteiger charge is -2.15. The largest absolute Gasteiger partial charge is 0.293 e. The zero-order valence-corrected chi connectivity index (χ0v) is 27.9. The van der Waals surface area contributed by atoms with Crippen molar-refractivity contribution in [2.45, 2.75) is 0 Å². The van der Waals surface area contributed by atoms with Crippen LogP contribution in [0.25, 0.3) is 98.3 Å². The number of thiophene rings is 1. The summed E-state index contributed by atoms with van der Waals surface area (Å²) in [5, 5.41) is 7.17. The number of benzene rings is 6. The van der Waals surface area contributed by atoms with E-state index in [1.165, 1.54) is 25.6 Å². The highest BCUT2D eigenvalue weighted by Gasteiger charge is 2.23. The molecule has 0 fully saturated rings. The maximum atomic E-state index is 5.29. The van der Waals surface area contributed by atoms with Gasteiger partial charge in [0, 0.05) is 59.0 Å². The van der Waals surface area contributed by atoms with Gasteiger partial charge in [-0.15, -0.1) is 11.3 Å². The van der Waals surface area contributed by atoms with Gasteiger partial charge in [-0.3, -0.25) is 9.13 Å². The Bertz CT molecular complexity index is 3100. The molecular weight excluding hydrogens is 645 g/mol. The normalized spacial score (nSPS) is 11.9. The number of nitrogens with zero attached hydrogens (tertiary/aromatic N) is 6. The van der Waals surface area contributed by atoms with Crippen LogP contribution in [0.4, 0.5) is 0 Å². The highest BCUT2D eigenvalue weighted by atomic mass is 32.1. The zero-order valence-electron chi connectivity index (χ0n) is 27.1. The molecule has 0 saturated heterocycles. The summed E-state index contributed by atoms with van der Waals surface area (Å²) in [5.41, 5.74) is 6.84. The zero-order chi connectivity index (χ0) is 33.5. The molecule has 0 N–H and O–H groups in total. The minimum absolute atomic E-state index is 0.568. The fourth-order valence-corrected chi connectivity index (χ4v) is 8.91. The van der Waals surface area contributed by atoms with Crippen molar-refractivity contribution in [2.75, 3.05) is 0 Å². The van der Waals surface area contributed by atoms with Crippen LogP contribution in [0.15, 0.2) is 158 Å². The second-order valence-electron chi connectivity index (χ2n) is 12.7. The lowest BCUT2D eigenvalue weighted by atomic mass is 10.1. The van der Waals surface area contributed by atoms with Crippen LogP contribution in [0, 0.1) is 0 Å². The van der Waals surface area contributed by atoms with Gasteiger partial charge in [-0.1, -0.05) is 103 Å². The number of pyridine rings is 1. The average Bonchev–Trinajstić information content (AvgIpc) is 3.86. The van der Waals surface area contributed by atoms with Gasteiger partial charge in [0.25, 0.3) is 0 Å². The first-order valence-electron chi connectivity index (χ1n) is 16.9. The van der Waals surface area contributed by atoms with Crippen molar-refractivity contribution in [1.82, 2.24) is 29.1 Å². The summed E-state index contributed by atoms with van der Waals surface area (Å²) < 4.78 is 6.98. The Morgan fingerprint density at radius 1 is 0.451 bits per heavy atom.